The summed E-state index contributed by atoms with van der Waals surface area (Å²) in [5.41, 5.74) is 2.53. The van der Waals surface area contributed by atoms with Gasteiger partial charge in [0.25, 0.3) is 11.6 Å². The van der Waals surface area contributed by atoms with Crippen LogP contribution in [0, 0.1) is 10.1 Å². The van der Waals surface area contributed by atoms with E-state index in [0.29, 0.717) is 18.8 Å². The Bertz CT molecular complexity index is 986. The quantitative estimate of drug-likeness (QED) is 0.413. The maximum atomic E-state index is 12.4. The molecular formula is C22H23N3O5. The summed E-state index contributed by atoms with van der Waals surface area (Å²) in [6, 6.07) is 14.1. The Balaban J connectivity index is 1.59. The molecule has 0 spiro atoms. The van der Waals surface area contributed by atoms with Gasteiger partial charge in [0.05, 0.1) is 10.5 Å². The SMILES string of the molecule is CN(C)c1ccc(C(=O)OCC(=O)N2CC=C(c3ccccc3)CC2)cc1[N+](=O)[O-]. The minimum atomic E-state index is -0.769. The number of nitrogens with zero attached hydrogens (tertiary/aromatic N) is 3. The molecule has 0 aromatic heterocycles. The highest BCUT2D eigenvalue weighted by atomic mass is 16.6. The molecule has 1 amide bonds. The van der Waals surface area contributed by atoms with Crippen LogP contribution in [-0.2, 0) is 9.53 Å². The number of rotatable bonds is 6. The van der Waals surface area contributed by atoms with Crippen molar-refractivity contribution < 1.29 is 19.2 Å². The van der Waals surface area contributed by atoms with Gasteiger partial charge in [-0.3, -0.25) is 14.9 Å². The average Bonchev–Trinajstić information content (AvgIpc) is 2.77. The number of hydrogen-bond acceptors (Lipinski definition) is 6. The Morgan fingerprint density at radius 1 is 1.17 bits per heavy atom. The summed E-state index contributed by atoms with van der Waals surface area (Å²) < 4.78 is 5.10. The van der Waals surface area contributed by atoms with E-state index >= 15 is 0 Å². The van der Waals surface area contributed by atoms with Crippen LogP contribution < -0.4 is 4.90 Å². The summed E-state index contributed by atoms with van der Waals surface area (Å²) in [5, 5.41) is 11.3. The maximum Gasteiger partial charge on any atom is 0.338 e. The van der Waals surface area contributed by atoms with Gasteiger partial charge in [0.1, 0.15) is 5.69 Å². The fourth-order valence-corrected chi connectivity index (χ4v) is 3.29. The second-order valence-electron chi connectivity index (χ2n) is 7.12. The number of amides is 1. The predicted octanol–water partition coefficient (Wildman–Crippen LogP) is 3.13. The lowest BCUT2D eigenvalue weighted by Crippen LogP contribution is -2.37. The van der Waals surface area contributed by atoms with Crippen molar-refractivity contribution in [2.75, 3.05) is 38.7 Å². The van der Waals surface area contributed by atoms with Crippen LogP contribution in [0.5, 0.6) is 0 Å². The van der Waals surface area contributed by atoms with Crippen LogP contribution >= 0.6 is 0 Å². The van der Waals surface area contributed by atoms with Gasteiger partial charge < -0.3 is 14.5 Å². The molecule has 8 heteroatoms. The van der Waals surface area contributed by atoms with Gasteiger partial charge in [0.15, 0.2) is 6.61 Å². The van der Waals surface area contributed by atoms with Crippen molar-refractivity contribution >= 4 is 28.8 Å². The molecule has 0 saturated carbocycles. The van der Waals surface area contributed by atoms with Crippen LogP contribution in [-0.4, -0.2) is 55.5 Å². The number of nitro benzene ring substituents is 1. The van der Waals surface area contributed by atoms with Crippen molar-refractivity contribution in [3.8, 4) is 0 Å². The van der Waals surface area contributed by atoms with E-state index in [4.69, 9.17) is 4.74 Å². The molecule has 0 radical (unpaired) electrons. The Morgan fingerprint density at radius 2 is 1.90 bits per heavy atom. The summed E-state index contributed by atoms with van der Waals surface area (Å²) in [6.45, 7) is 0.584. The largest absolute Gasteiger partial charge is 0.452 e. The van der Waals surface area contributed by atoms with Crippen molar-refractivity contribution in [3.05, 3.63) is 75.8 Å². The molecule has 0 fully saturated rings. The Hall–Kier alpha value is -3.68. The van der Waals surface area contributed by atoms with E-state index < -0.39 is 17.5 Å². The number of benzene rings is 2. The highest BCUT2D eigenvalue weighted by Gasteiger charge is 2.22. The lowest BCUT2D eigenvalue weighted by Gasteiger charge is -2.26. The smallest absolute Gasteiger partial charge is 0.338 e. The van der Waals surface area contributed by atoms with Crippen LogP contribution in [0.3, 0.4) is 0 Å². The van der Waals surface area contributed by atoms with Crippen molar-refractivity contribution in [1.29, 1.82) is 0 Å². The van der Waals surface area contributed by atoms with E-state index in [-0.39, 0.29) is 17.2 Å². The second-order valence-corrected chi connectivity index (χ2v) is 7.12. The fraction of sp³-hybridized carbons (Fsp3) is 0.273. The molecule has 0 saturated heterocycles. The van der Waals surface area contributed by atoms with Gasteiger partial charge in [-0.05, 0) is 29.7 Å². The molecule has 8 nitrogen and oxygen atoms in total. The molecule has 3 rings (SSSR count). The molecule has 0 bridgehead atoms. The highest BCUT2D eigenvalue weighted by molar-refractivity contribution is 5.93. The fourth-order valence-electron chi connectivity index (χ4n) is 3.29. The number of esters is 1. The minimum Gasteiger partial charge on any atom is -0.452 e. The molecule has 156 valence electrons. The minimum absolute atomic E-state index is 0.0324. The lowest BCUT2D eigenvalue weighted by molar-refractivity contribution is -0.384. The molecule has 0 atom stereocenters. The second kappa shape index (κ2) is 9.21. The lowest BCUT2D eigenvalue weighted by atomic mass is 10.00. The van der Waals surface area contributed by atoms with Gasteiger partial charge in [-0.25, -0.2) is 4.79 Å². The number of nitro groups is 1. The molecule has 0 unspecified atom stereocenters. The Morgan fingerprint density at radius 3 is 2.50 bits per heavy atom. The Labute approximate surface area is 174 Å². The third-order valence-electron chi connectivity index (χ3n) is 4.92. The number of ether oxygens (including phenoxy) is 1. The molecule has 30 heavy (non-hydrogen) atoms. The first kappa shape index (κ1) is 21.0. The predicted molar refractivity (Wildman–Crippen MR) is 113 cm³/mol. The number of carbonyl (C=O) groups is 2. The normalized spacial score (nSPS) is 13.4. The monoisotopic (exact) mass is 409 g/mol. The van der Waals surface area contributed by atoms with Crippen LogP contribution in [0.4, 0.5) is 11.4 Å². The standard InChI is InChI=1S/C22H23N3O5/c1-23(2)19-9-8-18(14-20(19)25(28)29)22(27)30-15-21(26)24-12-10-17(11-13-24)16-6-4-3-5-7-16/h3-10,14H,11-13,15H2,1-2H3. The van der Waals surface area contributed by atoms with Gasteiger partial charge in [-0.2, -0.15) is 0 Å². The van der Waals surface area contributed by atoms with Crippen molar-refractivity contribution in [2.24, 2.45) is 0 Å². The Kier molecular flexibility index (Phi) is 6.46. The van der Waals surface area contributed by atoms with Crippen molar-refractivity contribution in [3.63, 3.8) is 0 Å². The van der Waals surface area contributed by atoms with Crippen LogP contribution in [0.25, 0.3) is 5.57 Å². The molecule has 0 aliphatic carbocycles. The number of carbonyl (C=O) groups excluding carboxylic acids is 2. The zero-order valence-corrected chi connectivity index (χ0v) is 16.9. The summed E-state index contributed by atoms with van der Waals surface area (Å²) in [4.78, 5) is 38.6. The van der Waals surface area contributed by atoms with E-state index in [0.717, 1.165) is 18.1 Å². The molecule has 1 aliphatic rings. The molecule has 2 aromatic rings. The zero-order chi connectivity index (χ0) is 21.7. The van der Waals surface area contributed by atoms with Gasteiger partial charge in [-0.15, -0.1) is 0 Å². The summed E-state index contributed by atoms with van der Waals surface area (Å²) >= 11 is 0. The summed E-state index contributed by atoms with van der Waals surface area (Å²) in [5.74, 6) is -1.07. The van der Waals surface area contributed by atoms with Crippen LogP contribution in [0.1, 0.15) is 22.3 Å². The first-order valence-corrected chi connectivity index (χ1v) is 9.52. The first-order chi connectivity index (χ1) is 14.4. The maximum absolute atomic E-state index is 12.4. The van der Waals surface area contributed by atoms with Gasteiger partial charge in [-0.1, -0.05) is 36.4 Å². The molecule has 0 N–H and O–H groups in total. The third-order valence-corrected chi connectivity index (χ3v) is 4.92. The van der Waals surface area contributed by atoms with Crippen LogP contribution in [0.2, 0.25) is 0 Å². The number of anilines is 1. The van der Waals surface area contributed by atoms with E-state index in [9.17, 15) is 19.7 Å². The molecular weight excluding hydrogens is 386 g/mol. The van der Waals surface area contributed by atoms with Gasteiger partial charge >= 0.3 is 5.97 Å². The van der Waals surface area contributed by atoms with E-state index in [1.54, 1.807) is 23.9 Å². The highest BCUT2D eigenvalue weighted by Crippen LogP contribution is 2.28. The van der Waals surface area contributed by atoms with Gasteiger partial charge in [0, 0.05) is 33.3 Å². The van der Waals surface area contributed by atoms with Crippen molar-refractivity contribution in [2.45, 2.75) is 6.42 Å². The molecule has 1 heterocycles. The summed E-state index contributed by atoms with van der Waals surface area (Å²) in [7, 11) is 3.35. The molecule has 1 aliphatic heterocycles. The topological polar surface area (TPSA) is 93.0 Å². The zero-order valence-electron chi connectivity index (χ0n) is 16.9. The van der Waals surface area contributed by atoms with E-state index in [1.165, 1.54) is 17.7 Å². The molecule has 2 aromatic carbocycles. The first-order valence-electron chi connectivity index (χ1n) is 9.52. The van der Waals surface area contributed by atoms with Crippen LogP contribution in [0.15, 0.2) is 54.6 Å². The summed E-state index contributed by atoms with van der Waals surface area (Å²) in [6.07, 6.45) is 2.73. The third kappa shape index (κ3) is 4.83. The van der Waals surface area contributed by atoms with E-state index in [2.05, 4.69) is 0 Å². The van der Waals surface area contributed by atoms with Crippen molar-refractivity contribution in [1.82, 2.24) is 4.90 Å². The number of hydrogen-bond donors (Lipinski definition) is 0. The average molecular weight is 409 g/mol. The van der Waals surface area contributed by atoms with Gasteiger partial charge in [0.2, 0.25) is 0 Å². The van der Waals surface area contributed by atoms with E-state index in [1.807, 2.05) is 36.4 Å².